The third-order valence-electron chi connectivity index (χ3n) is 1.97. The van der Waals surface area contributed by atoms with Crippen LogP contribution in [-0.2, 0) is 14.3 Å². The van der Waals surface area contributed by atoms with Gasteiger partial charge in [-0.05, 0) is 13.3 Å². The molecule has 1 fully saturated rings. The molecule has 2 amide bonds. The second-order valence-electron chi connectivity index (χ2n) is 3.29. The number of hydrazine groups is 1. The molecule has 0 aromatic heterocycles. The Bertz CT molecular complexity index is 223. The van der Waals surface area contributed by atoms with E-state index in [4.69, 9.17) is 10.6 Å². The summed E-state index contributed by atoms with van der Waals surface area (Å²) in [5, 5.41) is 2.55. The fraction of sp³-hybridized carbons (Fsp3) is 0.714. The van der Waals surface area contributed by atoms with Crippen LogP contribution in [0.4, 0.5) is 0 Å². The van der Waals surface area contributed by atoms with Gasteiger partial charge in [0.2, 0.25) is 0 Å². The molecule has 0 spiro atoms. The minimum atomic E-state index is -0.840. The van der Waals surface area contributed by atoms with E-state index in [0.717, 1.165) is 0 Å². The Labute approximate surface area is 75.8 Å². The summed E-state index contributed by atoms with van der Waals surface area (Å²) < 4.78 is 5.10. The first-order valence-electron chi connectivity index (χ1n) is 3.98. The molecule has 74 valence electrons. The molecule has 6 heteroatoms. The van der Waals surface area contributed by atoms with E-state index in [1.54, 1.807) is 5.43 Å². The van der Waals surface area contributed by atoms with Crippen molar-refractivity contribution in [1.29, 1.82) is 0 Å². The number of amides is 2. The predicted octanol–water partition coefficient (Wildman–Crippen LogP) is -1.73. The van der Waals surface area contributed by atoms with Crippen molar-refractivity contribution in [2.45, 2.75) is 18.9 Å². The molecule has 13 heavy (non-hydrogen) atoms. The highest BCUT2D eigenvalue weighted by molar-refractivity contribution is 6.35. The topological polar surface area (TPSA) is 93.5 Å². The maximum atomic E-state index is 11.1. The van der Waals surface area contributed by atoms with E-state index >= 15 is 0 Å². The summed E-state index contributed by atoms with van der Waals surface area (Å²) in [6, 6.07) is 0. The number of hydrogen-bond acceptors (Lipinski definition) is 4. The standard InChI is InChI=1S/C7H13N3O3/c1-7(2-3-13-4-7)9-5(11)6(12)10-8/h2-4,8H2,1H3,(H,9,11)(H,10,12). The van der Waals surface area contributed by atoms with Crippen LogP contribution in [0.2, 0.25) is 0 Å². The van der Waals surface area contributed by atoms with Crippen molar-refractivity contribution in [1.82, 2.24) is 10.7 Å². The van der Waals surface area contributed by atoms with E-state index < -0.39 is 17.4 Å². The minimum Gasteiger partial charge on any atom is -0.379 e. The Kier molecular flexibility index (Phi) is 2.84. The SMILES string of the molecule is CC1(NC(=O)C(=O)NN)CCOC1. The quantitative estimate of drug-likeness (QED) is 0.197. The summed E-state index contributed by atoms with van der Waals surface area (Å²) in [4.78, 5) is 21.8. The van der Waals surface area contributed by atoms with Crippen LogP contribution in [0.3, 0.4) is 0 Å². The highest BCUT2D eigenvalue weighted by Gasteiger charge is 2.32. The number of nitrogens with two attached hydrogens (primary N) is 1. The molecule has 1 rings (SSSR count). The fourth-order valence-corrected chi connectivity index (χ4v) is 1.16. The van der Waals surface area contributed by atoms with Crippen molar-refractivity contribution in [2.24, 2.45) is 5.84 Å². The average Bonchev–Trinajstić information content (AvgIpc) is 2.50. The summed E-state index contributed by atoms with van der Waals surface area (Å²) in [6.07, 6.45) is 0.705. The van der Waals surface area contributed by atoms with Crippen LogP contribution in [0, 0.1) is 0 Å². The fourth-order valence-electron chi connectivity index (χ4n) is 1.16. The van der Waals surface area contributed by atoms with Gasteiger partial charge in [0.1, 0.15) is 0 Å². The van der Waals surface area contributed by atoms with Crippen molar-refractivity contribution in [3.8, 4) is 0 Å². The molecule has 1 aliphatic rings. The van der Waals surface area contributed by atoms with Crippen LogP contribution < -0.4 is 16.6 Å². The average molecular weight is 187 g/mol. The minimum absolute atomic E-state index is 0.427. The van der Waals surface area contributed by atoms with E-state index in [1.165, 1.54) is 0 Å². The summed E-state index contributed by atoms with van der Waals surface area (Å²) in [6.45, 7) is 2.85. The molecule has 0 saturated carbocycles. The van der Waals surface area contributed by atoms with Gasteiger partial charge >= 0.3 is 11.8 Å². The van der Waals surface area contributed by atoms with Crippen LogP contribution in [-0.4, -0.2) is 30.6 Å². The van der Waals surface area contributed by atoms with Gasteiger partial charge in [-0.3, -0.25) is 15.0 Å². The van der Waals surface area contributed by atoms with Crippen molar-refractivity contribution in [3.05, 3.63) is 0 Å². The lowest BCUT2D eigenvalue weighted by Gasteiger charge is -2.22. The molecular weight excluding hydrogens is 174 g/mol. The lowest BCUT2D eigenvalue weighted by atomic mass is 10.0. The number of hydrogen-bond donors (Lipinski definition) is 3. The first kappa shape index (κ1) is 9.94. The zero-order chi connectivity index (χ0) is 9.90. The number of ether oxygens (including phenoxy) is 1. The van der Waals surface area contributed by atoms with Gasteiger partial charge < -0.3 is 10.1 Å². The van der Waals surface area contributed by atoms with Gasteiger partial charge in [-0.2, -0.15) is 0 Å². The molecule has 1 unspecified atom stereocenters. The molecule has 0 bridgehead atoms. The Morgan fingerprint density at radius 1 is 1.46 bits per heavy atom. The second-order valence-corrected chi connectivity index (χ2v) is 3.29. The molecule has 0 aromatic carbocycles. The third-order valence-corrected chi connectivity index (χ3v) is 1.97. The molecule has 0 aliphatic carbocycles. The molecular formula is C7H13N3O3. The second kappa shape index (κ2) is 3.71. The normalized spacial score (nSPS) is 26.9. The Morgan fingerprint density at radius 3 is 2.62 bits per heavy atom. The predicted molar refractivity (Wildman–Crippen MR) is 44.3 cm³/mol. The van der Waals surface area contributed by atoms with Crippen LogP contribution in [0.25, 0.3) is 0 Å². The molecule has 4 N–H and O–H groups in total. The van der Waals surface area contributed by atoms with Crippen LogP contribution in [0.5, 0.6) is 0 Å². The van der Waals surface area contributed by atoms with Crippen molar-refractivity contribution in [2.75, 3.05) is 13.2 Å². The van der Waals surface area contributed by atoms with Gasteiger partial charge in [0.25, 0.3) is 0 Å². The summed E-state index contributed by atoms with van der Waals surface area (Å²) in [5.41, 5.74) is 1.32. The number of carbonyl (C=O) groups excluding carboxylic acids is 2. The highest BCUT2D eigenvalue weighted by Crippen LogP contribution is 2.16. The van der Waals surface area contributed by atoms with E-state index in [0.29, 0.717) is 19.6 Å². The highest BCUT2D eigenvalue weighted by atomic mass is 16.5. The monoisotopic (exact) mass is 187 g/mol. The van der Waals surface area contributed by atoms with E-state index in [2.05, 4.69) is 5.32 Å². The molecule has 1 atom stereocenters. The maximum absolute atomic E-state index is 11.1. The molecule has 0 aromatic rings. The maximum Gasteiger partial charge on any atom is 0.323 e. The van der Waals surface area contributed by atoms with Crippen molar-refractivity contribution >= 4 is 11.8 Å². The van der Waals surface area contributed by atoms with Gasteiger partial charge in [-0.25, -0.2) is 5.84 Å². The van der Waals surface area contributed by atoms with E-state index in [-0.39, 0.29) is 0 Å². The summed E-state index contributed by atoms with van der Waals surface area (Å²) >= 11 is 0. The lowest BCUT2D eigenvalue weighted by molar-refractivity contribution is -0.140. The van der Waals surface area contributed by atoms with Crippen LogP contribution >= 0.6 is 0 Å². The molecule has 1 heterocycles. The number of rotatable bonds is 1. The van der Waals surface area contributed by atoms with E-state index in [1.807, 2.05) is 6.92 Å². The van der Waals surface area contributed by atoms with E-state index in [9.17, 15) is 9.59 Å². The zero-order valence-electron chi connectivity index (χ0n) is 7.42. The molecule has 6 nitrogen and oxygen atoms in total. The molecule has 1 saturated heterocycles. The Morgan fingerprint density at radius 2 is 2.15 bits per heavy atom. The smallest absolute Gasteiger partial charge is 0.323 e. The van der Waals surface area contributed by atoms with Gasteiger partial charge in [0, 0.05) is 6.61 Å². The zero-order valence-corrected chi connectivity index (χ0v) is 7.42. The van der Waals surface area contributed by atoms with Crippen LogP contribution in [0.15, 0.2) is 0 Å². The number of nitrogens with one attached hydrogen (secondary N) is 2. The van der Waals surface area contributed by atoms with Gasteiger partial charge in [-0.15, -0.1) is 0 Å². The van der Waals surface area contributed by atoms with Crippen molar-refractivity contribution < 1.29 is 14.3 Å². The summed E-state index contributed by atoms with van der Waals surface area (Å²) in [5.74, 6) is 3.23. The first-order chi connectivity index (χ1) is 6.07. The largest absolute Gasteiger partial charge is 0.379 e. The summed E-state index contributed by atoms with van der Waals surface area (Å²) in [7, 11) is 0. The van der Waals surface area contributed by atoms with Crippen molar-refractivity contribution in [3.63, 3.8) is 0 Å². The van der Waals surface area contributed by atoms with Gasteiger partial charge in [-0.1, -0.05) is 0 Å². The third kappa shape index (κ3) is 2.40. The lowest BCUT2D eigenvalue weighted by Crippen LogP contribution is -2.52. The first-order valence-corrected chi connectivity index (χ1v) is 3.98. The molecule has 0 radical (unpaired) electrons. The van der Waals surface area contributed by atoms with Crippen LogP contribution in [0.1, 0.15) is 13.3 Å². The van der Waals surface area contributed by atoms with Gasteiger partial charge in [0.15, 0.2) is 0 Å². The Hall–Kier alpha value is -1.14. The van der Waals surface area contributed by atoms with Gasteiger partial charge in [0.05, 0.1) is 12.1 Å². The molecule has 1 aliphatic heterocycles. The Balaban J connectivity index is 2.47. The number of carbonyl (C=O) groups is 2.